The number of hydrogen-bond acceptors (Lipinski definition) is 3. The van der Waals surface area contributed by atoms with E-state index in [2.05, 4.69) is 9.80 Å². The Kier molecular flexibility index (Phi) is 8.08. The second-order valence-electron chi connectivity index (χ2n) is 6.11. The largest absolute Gasteiger partial charge is 0.392 e. The first kappa shape index (κ1) is 19.7. The molecule has 1 atom stereocenters. The van der Waals surface area contributed by atoms with Gasteiger partial charge >= 0.3 is 0 Å². The van der Waals surface area contributed by atoms with Crippen LogP contribution in [-0.4, -0.2) is 53.7 Å². The molecule has 1 aliphatic carbocycles. The normalized spacial score (nSPS) is 20.8. The monoisotopic (exact) mass is 350 g/mol. The number of aliphatic hydroxyl groups is 1. The highest BCUT2D eigenvalue weighted by atomic mass is 35.5. The molecule has 1 aromatic rings. The maximum Gasteiger partial charge on any atom is 0.123 e. The molecule has 2 fully saturated rings. The molecule has 1 unspecified atom stereocenters. The van der Waals surface area contributed by atoms with Crippen molar-refractivity contribution in [3.05, 3.63) is 35.6 Å². The van der Waals surface area contributed by atoms with Gasteiger partial charge < -0.3 is 5.11 Å². The summed E-state index contributed by atoms with van der Waals surface area (Å²) in [4.78, 5) is 4.76. The van der Waals surface area contributed by atoms with Crippen molar-refractivity contribution in [1.82, 2.24) is 9.80 Å². The molecule has 1 aromatic carbocycles. The Balaban J connectivity index is 0.00000121. The van der Waals surface area contributed by atoms with Crippen LogP contribution in [0.15, 0.2) is 24.3 Å². The minimum atomic E-state index is -0.173. The third-order valence-corrected chi connectivity index (χ3v) is 4.40. The SMILES string of the molecule is Cl.Cl.OC(CN1CCN(Cc2ccc(F)cc2)CC1)C1CC1. The maximum atomic E-state index is 12.9. The molecule has 1 aliphatic heterocycles. The summed E-state index contributed by atoms with van der Waals surface area (Å²) in [7, 11) is 0. The third-order valence-electron chi connectivity index (χ3n) is 4.40. The Labute approximate surface area is 144 Å². The molecule has 1 saturated carbocycles. The fourth-order valence-electron chi connectivity index (χ4n) is 2.87. The Bertz CT molecular complexity index is 434. The summed E-state index contributed by atoms with van der Waals surface area (Å²) in [5.74, 6) is 0.389. The van der Waals surface area contributed by atoms with Crippen LogP contribution in [0.1, 0.15) is 18.4 Å². The molecule has 2 aliphatic rings. The number of nitrogens with zero attached hydrogens (tertiary/aromatic N) is 2. The van der Waals surface area contributed by atoms with E-state index in [4.69, 9.17) is 0 Å². The second kappa shape index (κ2) is 9.04. The minimum absolute atomic E-state index is 0. The predicted molar refractivity (Wildman–Crippen MR) is 91.3 cm³/mol. The third kappa shape index (κ3) is 5.67. The quantitative estimate of drug-likeness (QED) is 0.883. The Morgan fingerprint density at radius 3 is 2.09 bits per heavy atom. The number of piperazine rings is 1. The van der Waals surface area contributed by atoms with E-state index in [0.717, 1.165) is 44.8 Å². The summed E-state index contributed by atoms with van der Waals surface area (Å²) in [5.41, 5.74) is 1.16. The summed E-state index contributed by atoms with van der Waals surface area (Å²) in [6, 6.07) is 6.77. The van der Waals surface area contributed by atoms with Crippen molar-refractivity contribution in [2.24, 2.45) is 5.92 Å². The summed E-state index contributed by atoms with van der Waals surface area (Å²) in [6.45, 7) is 5.80. The summed E-state index contributed by atoms with van der Waals surface area (Å²) >= 11 is 0. The van der Waals surface area contributed by atoms with Gasteiger partial charge in [0.05, 0.1) is 6.10 Å². The van der Waals surface area contributed by atoms with Gasteiger partial charge in [0.1, 0.15) is 5.82 Å². The molecular formula is C16H25Cl2FN2O. The lowest BCUT2D eigenvalue weighted by molar-refractivity contribution is 0.0602. The Morgan fingerprint density at radius 2 is 1.55 bits per heavy atom. The first-order chi connectivity index (χ1) is 9.70. The van der Waals surface area contributed by atoms with Gasteiger partial charge in [-0.1, -0.05) is 12.1 Å². The van der Waals surface area contributed by atoms with Crippen LogP contribution >= 0.6 is 24.8 Å². The molecule has 126 valence electrons. The predicted octanol–water partition coefficient (Wildman–Crippen LogP) is 2.56. The summed E-state index contributed by atoms with van der Waals surface area (Å²) < 4.78 is 12.9. The average Bonchev–Trinajstić information content (AvgIpc) is 3.28. The molecule has 0 aromatic heterocycles. The van der Waals surface area contributed by atoms with Gasteiger partial charge in [-0.2, -0.15) is 0 Å². The smallest absolute Gasteiger partial charge is 0.123 e. The fourth-order valence-corrected chi connectivity index (χ4v) is 2.87. The van der Waals surface area contributed by atoms with Crippen molar-refractivity contribution in [1.29, 1.82) is 0 Å². The molecule has 3 rings (SSSR count). The summed E-state index contributed by atoms with van der Waals surface area (Å²) in [5, 5.41) is 9.98. The topological polar surface area (TPSA) is 26.7 Å². The van der Waals surface area contributed by atoms with Gasteiger partial charge in [0, 0.05) is 39.3 Å². The second-order valence-corrected chi connectivity index (χ2v) is 6.11. The van der Waals surface area contributed by atoms with E-state index in [9.17, 15) is 9.50 Å². The van der Waals surface area contributed by atoms with Crippen LogP contribution in [-0.2, 0) is 6.54 Å². The standard InChI is InChI=1S/C16H23FN2O.2ClH/c17-15-5-1-13(2-6-15)11-18-7-9-19(10-8-18)12-16(20)14-3-4-14;;/h1-2,5-6,14,16,20H,3-4,7-12H2;2*1H. The van der Waals surface area contributed by atoms with Gasteiger partial charge in [-0.15, -0.1) is 24.8 Å². The van der Waals surface area contributed by atoms with Crippen molar-refractivity contribution < 1.29 is 9.50 Å². The van der Waals surface area contributed by atoms with Crippen LogP contribution in [0.3, 0.4) is 0 Å². The molecule has 22 heavy (non-hydrogen) atoms. The Morgan fingerprint density at radius 1 is 1.00 bits per heavy atom. The van der Waals surface area contributed by atoms with E-state index in [1.54, 1.807) is 0 Å². The highest BCUT2D eigenvalue weighted by Gasteiger charge is 2.31. The van der Waals surface area contributed by atoms with Gasteiger partial charge in [-0.25, -0.2) is 4.39 Å². The van der Waals surface area contributed by atoms with E-state index in [-0.39, 0.29) is 36.7 Å². The number of benzene rings is 1. The van der Waals surface area contributed by atoms with E-state index in [1.807, 2.05) is 12.1 Å². The molecule has 0 spiro atoms. The van der Waals surface area contributed by atoms with Crippen LogP contribution in [0.5, 0.6) is 0 Å². The zero-order valence-corrected chi connectivity index (χ0v) is 14.3. The van der Waals surface area contributed by atoms with Crippen LogP contribution in [0.4, 0.5) is 4.39 Å². The highest BCUT2D eigenvalue weighted by molar-refractivity contribution is 5.85. The van der Waals surface area contributed by atoms with Crippen LogP contribution < -0.4 is 0 Å². The maximum absolute atomic E-state index is 12.9. The summed E-state index contributed by atoms with van der Waals surface area (Å²) in [6.07, 6.45) is 2.27. The average molecular weight is 351 g/mol. The van der Waals surface area contributed by atoms with E-state index in [0.29, 0.717) is 5.92 Å². The van der Waals surface area contributed by atoms with E-state index >= 15 is 0 Å². The van der Waals surface area contributed by atoms with Gasteiger partial charge in [-0.3, -0.25) is 9.80 Å². The minimum Gasteiger partial charge on any atom is -0.392 e. The zero-order chi connectivity index (χ0) is 13.9. The van der Waals surface area contributed by atoms with Gasteiger partial charge in [-0.05, 0) is 36.5 Å². The lowest BCUT2D eigenvalue weighted by Gasteiger charge is -2.35. The molecule has 6 heteroatoms. The first-order valence-electron chi connectivity index (χ1n) is 7.58. The van der Waals surface area contributed by atoms with Crippen molar-refractivity contribution in [2.75, 3.05) is 32.7 Å². The van der Waals surface area contributed by atoms with Crippen molar-refractivity contribution in [3.63, 3.8) is 0 Å². The zero-order valence-electron chi connectivity index (χ0n) is 12.7. The van der Waals surface area contributed by atoms with E-state index in [1.165, 1.54) is 25.0 Å². The number of rotatable bonds is 5. The van der Waals surface area contributed by atoms with Crippen molar-refractivity contribution in [2.45, 2.75) is 25.5 Å². The van der Waals surface area contributed by atoms with E-state index < -0.39 is 0 Å². The molecular weight excluding hydrogens is 326 g/mol. The lowest BCUT2D eigenvalue weighted by atomic mass is 10.1. The van der Waals surface area contributed by atoms with Crippen molar-refractivity contribution >= 4 is 24.8 Å². The molecule has 1 saturated heterocycles. The Hall–Kier alpha value is -0.390. The number of halogens is 3. The van der Waals surface area contributed by atoms with Gasteiger partial charge in [0.15, 0.2) is 0 Å². The molecule has 0 bridgehead atoms. The molecule has 1 heterocycles. The van der Waals surface area contributed by atoms with Crippen LogP contribution in [0.25, 0.3) is 0 Å². The van der Waals surface area contributed by atoms with Crippen LogP contribution in [0, 0.1) is 11.7 Å². The first-order valence-corrected chi connectivity index (χ1v) is 7.58. The molecule has 0 radical (unpaired) electrons. The van der Waals surface area contributed by atoms with Crippen molar-refractivity contribution in [3.8, 4) is 0 Å². The van der Waals surface area contributed by atoms with Crippen LogP contribution in [0.2, 0.25) is 0 Å². The van der Waals surface area contributed by atoms with Gasteiger partial charge in [0.2, 0.25) is 0 Å². The number of aliphatic hydroxyl groups excluding tert-OH is 1. The van der Waals surface area contributed by atoms with Gasteiger partial charge in [0.25, 0.3) is 0 Å². The molecule has 0 amide bonds. The highest BCUT2D eigenvalue weighted by Crippen LogP contribution is 2.32. The number of hydrogen-bond donors (Lipinski definition) is 1. The number of β-amino-alcohol motifs (C(OH)–C–C–N with tert-alkyl or cyclic N) is 1. The lowest BCUT2D eigenvalue weighted by Crippen LogP contribution is -2.48. The molecule has 3 nitrogen and oxygen atoms in total. The molecule has 1 N–H and O–H groups in total. The fraction of sp³-hybridized carbons (Fsp3) is 0.625.